The van der Waals surface area contributed by atoms with Gasteiger partial charge in [-0.15, -0.1) is 0 Å². The number of aryl methyl sites for hydroxylation is 2. The van der Waals surface area contributed by atoms with Crippen LogP contribution in [0, 0.1) is 13.8 Å². The van der Waals surface area contributed by atoms with Crippen molar-refractivity contribution < 1.29 is 4.79 Å². The van der Waals surface area contributed by atoms with Gasteiger partial charge in [-0.25, -0.2) is 0 Å². The standard InChI is InChI=1S/C16H24N2O/c1-6-10-17-13(4)16(19)18(14(17)5)15-11(2)8-7-9-12(15)3/h7-9,13-14H,6,10H2,1-5H3. The van der Waals surface area contributed by atoms with Crippen molar-refractivity contribution in [1.82, 2.24) is 4.90 Å². The molecule has 0 bridgehead atoms. The summed E-state index contributed by atoms with van der Waals surface area (Å²) < 4.78 is 0. The minimum absolute atomic E-state index is 0.0195. The molecule has 0 spiro atoms. The van der Waals surface area contributed by atoms with E-state index < -0.39 is 0 Å². The van der Waals surface area contributed by atoms with Gasteiger partial charge in [-0.2, -0.15) is 0 Å². The van der Waals surface area contributed by atoms with Gasteiger partial charge in [-0.3, -0.25) is 14.6 Å². The van der Waals surface area contributed by atoms with Crippen LogP contribution in [0.15, 0.2) is 18.2 Å². The second-order valence-corrected chi connectivity index (χ2v) is 5.49. The molecule has 3 heteroatoms. The van der Waals surface area contributed by atoms with Crippen LogP contribution in [-0.2, 0) is 4.79 Å². The number of hydrogen-bond acceptors (Lipinski definition) is 2. The SMILES string of the molecule is CCCN1C(C)C(=O)N(c2c(C)cccc2C)C1C. The van der Waals surface area contributed by atoms with Gasteiger partial charge in [-0.05, 0) is 45.2 Å². The molecule has 1 amide bonds. The molecule has 2 atom stereocenters. The first-order chi connectivity index (χ1) is 8.99. The Morgan fingerprint density at radius 1 is 1.16 bits per heavy atom. The van der Waals surface area contributed by atoms with Crippen LogP contribution in [0.2, 0.25) is 0 Å². The van der Waals surface area contributed by atoms with Gasteiger partial charge in [0.25, 0.3) is 0 Å². The van der Waals surface area contributed by atoms with Crippen molar-refractivity contribution in [3.8, 4) is 0 Å². The number of carbonyl (C=O) groups excluding carboxylic acids is 1. The maximum absolute atomic E-state index is 12.6. The van der Waals surface area contributed by atoms with Crippen LogP contribution in [0.4, 0.5) is 5.69 Å². The molecule has 0 N–H and O–H groups in total. The maximum atomic E-state index is 12.6. The van der Waals surface area contributed by atoms with Crippen molar-refractivity contribution in [2.75, 3.05) is 11.4 Å². The first-order valence-electron chi connectivity index (χ1n) is 7.14. The highest BCUT2D eigenvalue weighted by Crippen LogP contribution is 2.33. The lowest BCUT2D eigenvalue weighted by atomic mass is 10.1. The normalized spacial score (nSPS) is 24.3. The Labute approximate surface area is 116 Å². The fourth-order valence-corrected chi connectivity index (χ4v) is 3.12. The molecule has 1 heterocycles. The van der Waals surface area contributed by atoms with E-state index in [0.29, 0.717) is 0 Å². The third-order valence-corrected chi connectivity index (χ3v) is 4.11. The lowest BCUT2D eigenvalue weighted by Gasteiger charge is -2.29. The molecule has 1 aliphatic rings. The number of carbonyl (C=O) groups is 1. The van der Waals surface area contributed by atoms with Gasteiger partial charge in [0, 0.05) is 6.54 Å². The smallest absolute Gasteiger partial charge is 0.245 e. The average molecular weight is 260 g/mol. The van der Waals surface area contributed by atoms with Crippen LogP contribution in [0.1, 0.15) is 38.3 Å². The van der Waals surface area contributed by atoms with Crippen molar-refractivity contribution >= 4 is 11.6 Å². The minimum Gasteiger partial charge on any atom is -0.295 e. The highest BCUT2D eigenvalue weighted by Gasteiger charge is 2.42. The van der Waals surface area contributed by atoms with E-state index in [1.165, 1.54) is 11.1 Å². The van der Waals surface area contributed by atoms with Gasteiger partial charge in [-0.1, -0.05) is 25.1 Å². The molecule has 1 aromatic rings. The first-order valence-corrected chi connectivity index (χ1v) is 7.14. The largest absolute Gasteiger partial charge is 0.295 e. The van der Waals surface area contributed by atoms with Crippen LogP contribution >= 0.6 is 0 Å². The molecule has 0 saturated carbocycles. The summed E-state index contributed by atoms with van der Waals surface area (Å²) in [5.41, 5.74) is 3.43. The molecular weight excluding hydrogens is 236 g/mol. The van der Waals surface area contributed by atoms with E-state index in [9.17, 15) is 4.79 Å². The molecule has 0 radical (unpaired) electrons. The molecule has 1 aromatic carbocycles. The summed E-state index contributed by atoms with van der Waals surface area (Å²) in [6.45, 7) is 11.4. The van der Waals surface area contributed by atoms with Crippen LogP contribution in [0.3, 0.4) is 0 Å². The Bertz CT molecular complexity index is 463. The monoisotopic (exact) mass is 260 g/mol. The predicted molar refractivity (Wildman–Crippen MR) is 79.3 cm³/mol. The summed E-state index contributed by atoms with van der Waals surface area (Å²) >= 11 is 0. The van der Waals surface area contributed by atoms with Gasteiger partial charge in [0.1, 0.15) is 0 Å². The van der Waals surface area contributed by atoms with E-state index in [-0.39, 0.29) is 18.1 Å². The van der Waals surface area contributed by atoms with E-state index >= 15 is 0 Å². The number of rotatable bonds is 3. The Kier molecular flexibility index (Phi) is 3.95. The number of para-hydroxylation sites is 1. The van der Waals surface area contributed by atoms with Gasteiger partial charge in [0.05, 0.1) is 17.9 Å². The Morgan fingerprint density at radius 2 is 1.74 bits per heavy atom. The molecule has 2 unspecified atom stereocenters. The summed E-state index contributed by atoms with van der Waals surface area (Å²) in [4.78, 5) is 16.9. The number of benzene rings is 1. The van der Waals surface area contributed by atoms with E-state index in [4.69, 9.17) is 0 Å². The van der Waals surface area contributed by atoms with Crippen LogP contribution in [-0.4, -0.2) is 29.6 Å². The van der Waals surface area contributed by atoms with Crippen molar-refractivity contribution in [3.05, 3.63) is 29.3 Å². The first kappa shape index (κ1) is 14.1. The number of nitrogens with zero attached hydrogens (tertiary/aromatic N) is 2. The highest BCUT2D eigenvalue weighted by molar-refractivity contribution is 6.00. The zero-order valence-electron chi connectivity index (χ0n) is 12.6. The second-order valence-electron chi connectivity index (χ2n) is 5.49. The predicted octanol–water partition coefficient (Wildman–Crippen LogP) is 3.10. The van der Waals surface area contributed by atoms with E-state index in [1.54, 1.807) is 0 Å². The molecule has 0 aliphatic carbocycles. The molecular formula is C16H24N2O. The van der Waals surface area contributed by atoms with Crippen LogP contribution in [0.25, 0.3) is 0 Å². The van der Waals surface area contributed by atoms with Crippen LogP contribution in [0.5, 0.6) is 0 Å². The zero-order valence-corrected chi connectivity index (χ0v) is 12.6. The third kappa shape index (κ3) is 2.27. The van der Waals surface area contributed by atoms with Gasteiger partial charge in [0.15, 0.2) is 0 Å². The van der Waals surface area contributed by atoms with Crippen molar-refractivity contribution in [1.29, 1.82) is 0 Å². The fourth-order valence-electron chi connectivity index (χ4n) is 3.12. The molecule has 19 heavy (non-hydrogen) atoms. The quantitative estimate of drug-likeness (QED) is 0.833. The lowest BCUT2D eigenvalue weighted by Crippen LogP contribution is -2.38. The maximum Gasteiger partial charge on any atom is 0.245 e. The van der Waals surface area contributed by atoms with E-state index in [1.807, 2.05) is 17.9 Å². The summed E-state index contributed by atoms with van der Waals surface area (Å²) in [5.74, 6) is 0.221. The van der Waals surface area contributed by atoms with Crippen LogP contribution < -0.4 is 4.90 Å². The summed E-state index contributed by atoms with van der Waals surface area (Å²) in [6.07, 6.45) is 1.21. The van der Waals surface area contributed by atoms with Gasteiger partial charge >= 0.3 is 0 Å². The number of anilines is 1. The molecule has 2 rings (SSSR count). The average Bonchev–Trinajstić information content (AvgIpc) is 2.56. The van der Waals surface area contributed by atoms with E-state index in [2.05, 4.69) is 44.7 Å². The Hall–Kier alpha value is -1.35. The minimum atomic E-state index is -0.0195. The topological polar surface area (TPSA) is 23.6 Å². The Balaban J connectivity index is 2.42. The van der Waals surface area contributed by atoms with Gasteiger partial charge < -0.3 is 0 Å². The molecule has 1 fully saturated rings. The summed E-state index contributed by atoms with van der Waals surface area (Å²) in [5, 5.41) is 0. The summed E-state index contributed by atoms with van der Waals surface area (Å²) in [6, 6.07) is 6.19. The van der Waals surface area contributed by atoms with E-state index in [0.717, 1.165) is 18.7 Å². The summed E-state index contributed by atoms with van der Waals surface area (Å²) in [7, 11) is 0. The number of amides is 1. The molecule has 0 aromatic heterocycles. The molecule has 1 aliphatic heterocycles. The molecule has 1 saturated heterocycles. The van der Waals surface area contributed by atoms with Gasteiger partial charge in [0.2, 0.25) is 5.91 Å². The fraction of sp³-hybridized carbons (Fsp3) is 0.562. The van der Waals surface area contributed by atoms with Crippen molar-refractivity contribution in [2.24, 2.45) is 0 Å². The molecule has 104 valence electrons. The highest BCUT2D eigenvalue weighted by atomic mass is 16.2. The third-order valence-electron chi connectivity index (χ3n) is 4.11. The number of hydrogen-bond donors (Lipinski definition) is 0. The van der Waals surface area contributed by atoms with Crippen molar-refractivity contribution in [2.45, 2.75) is 53.2 Å². The zero-order chi connectivity index (χ0) is 14.2. The lowest BCUT2D eigenvalue weighted by molar-refractivity contribution is -0.119. The Morgan fingerprint density at radius 3 is 2.26 bits per heavy atom. The van der Waals surface area contributed by atoms with Crippen molar-refractivity contribution in [3.63, 3.8) is 0 Å². The second kappa shape index (κ2) is 5.33. The molecule has 3 nitrogen and oxygen atoms in total.